The van der Waals surface area contributed by atoms with Crippen molar-refractivity contribution in [2.75, 3.05) is 0 Å². The van der Waals surface area contributed by atoms with Gasteiger partial charge in [0.25, 0.3) is 0 Å². The van der Waals surface area contributed by atoms with Crippen LogP contribution in [0.2, 0.25) is 0 Å². The monoisotopic (exact) mass is 407 g/mol. The van der Waals surface area contributed by atoms with Crippen LogP contribution in [0.4, 0.5) is 0 Å². The Morgan fingerprint density at radius 1 is 1.24 bits per heavy atom. The minimum absolute atomic E-state index is 0.00288. The Morgan fingerprint density at radius 3 is 2.79 bits per heavy atom. The van der Waals surface area contributed by atoms with Crippen LogP contribution in [0.1, 0.15) is 41.9 Å². The van der Waals surface area contributed by atoms with E-state index in [9.17, 15) is 9.59 Å². The minimum Gasteiger partial charge on any atom is -0.350 e. The summed E-state index contributed by atoms with van der Waals surface area (Å²) in [6.07, 6.45) is 3.04. The van der Waals surface area contributed by atoms with Gasteiger partial charge in [0.15, 0.2) is 0 Å². The number of aromatic nitrogens is 1. The SMILES string of the molecule is Cc1csc(CNC(=O)CC[C@]2(Cc3ccc4ccccc4c3)CCC(=O)N2)n1. The smallest absolute Gasteiger partial charge is 0.220 e. The summed E-state index contributed by atoms with van der Waals surface area (Å²) in [4.78, 5) is 28.8. The lowest BCUT2D eigenvalue weighted by atomic mass is 9.84. The molecule has 0 bridgehead atoms. The summed E-state index contributed by atoms with van der Waals surface area (Å²) < 4.78 is 0. The summed E-state index contributed by atoms with van der Waals surface area (Å²) in [5, 5.41) is 11.4. The molecule has 1 aromatic heterocycles. The zero-order valence-corrected chi connectivity index (χ0v) is 17.3. The molecule has 0 unspecified atom stereocenters. The van der Waals surface area contributed by atoms with E-state index < -0.39 is 0 Å². The van der Waals surface area contributed by atoms with E-state index >= 15 is 0 Å². The number of thiazole rings is 1. The molecule has 2 amide bonds. The highest BCUT2D eigenvalue weighted by Gasteiger charge is 2.37. The molecule has 1 saturated heterocycles. The first-order chi connectivity index (χ1) is 14.0. The van der Waals surface area contributed by atoms with Gasteiger partial charge >= 0.3 is 0 Å². The van der Waals surface area contributed by atoms with E-state index in [1.54, 1.807) is 11.3 Å². The predicted molar refractivity (Wildman–Crippen MR) is 116 cm³/mol. The van der Waals surface area contributed by atoms with Crippen molar-refractivity contribution in [3.63, 3.8) is 0 Å². The van der Waals surface area contributed by atoms with E-state index in [-0.39, 0.29) is 17.4 Å². The number of benzene rings is 2. The fraction of sp³-hybridized carbons (Fsp3) is 0.348. The van der Waals surface area contributed by atoms with Crippen LogP contribution in [0.25, 0.3) is 10.8 Å². The molecule has 1 fully saturated rings. The topological polar surface area (TPSA) is 71.1 Å². The molecule has 0 aliphatic carbocycles. The molecule has 5 nitrogen and oxygen atoms in total. The van der Waals surface area contributed by atoms with E-state index in [1.165, 1.54) is 16.3 Å². The lowest BCUT2D eigenvalue weighted by molar-refractivity contribution is -0.122. The summed E-state index contributed by atoms with van der Waals surface area (Å²) in [5.74, 6) is 0.0707. The molecule has 2 N–H and O–H groups in total. The first-order valence-corrected chi connectivity index (χ1v) is 10.9. The second kappa shape index (κ2) is 8.33. The highest BCUT2D eigenvalue weighted by atomic mass is 32.1. The Kier molecular flexibility index (Phi) is 5.62. The normalized spacial score (nSPS) is 18.7. The van der Waals surface area contributed by atoms with E-state index in [4.69, 9.17) is 0 Å². The first-order valence-electron chi connectivity index (χ1n) is 9.98. The summed E-state index contributed by atoms with van der Waals surface area (Å²) in [5.41, 5.74) is 1.81. The van der Waals surface area contributed by atoms with Gasteiger partial charge in [-0.05, 0) is 42.5 Å². The van der Waals surface area contributed by atoms with Crippen molar-refractivity contribution in [1.29, 1.82) is 0 Å². The number of nitrogens with zero attached hydrogens (tertiary/aromatic N) is 1. The van der Waals surface area contributed by atoms with Gasteiger partial charge in [-0.3, -0.25) is 9.59 Å². The van der Waals surface area contributed by atoms with Crippen molar-refractivity contribution in [1.82, 2.24) is 15.6 Å². The van der Waals surface area contributed by atoms with Crippen LogP contribution in [-0.4, -0.2) is 22.3 Å². The van der Waals surface area contributed by atoms with Crippen molar-refractivity contribution in [3.05, 3.63) is 64.1 Å². The first kappa shape index (κ1) is 19.6. The van der Waals surface area contributed by atoms with Gasteiger partial charge in [-0.1, -0.05) is 42.5 Å². The van der Waals surface area contributed by atoms with Crippen molar-refractivity contribution < 1.29 is 9.59 Å². The number of amides is 2. The van der Waals surface area contributed by atoms with E-state index in [0.29, 0.717) is 25.8 Å². The Hall–Kier alpha value is -2.73. The molecule has 150 valence electrons. The highest BCUT2D eigenvalue weighted by Crippen LogP contribution is 2.30. The molecule has 1 atom stereocenters. The van der Waals surface area contributed by atoms with Crippen molar-refractivity contribution in [2.24, 2.45) is 0 Å². The van der Waals surface area contributed by atoms with Crippen molar-refractivity contribution in [2.45, 2.75) is 51.1 Å². The number of hydrogen-bond donors (Lipinski definition) is 2. The van der Waals surface area contributed by atoms with Gasteiger partial charge in [0.2, 0.25) is 11.8 Å². The Bertz CT molecular complexity index is 1050. The van der Waals surface area contributed by atoms with Crippen LogP contribution in [-0.2, 0) is 22.6 Å². The number of carbonyl (C=O) groups excluding carboxylic acids is 2. The molecule has 1 aliphatic heterocycles. The molecule has 4 rings (SSSR count). The summed E-state index contributed by atoms with van der Waals surface area (Å²) in [6, 6.07) is 14.7. The van der Waals surface area contributed by atoms with Gasteiger partial charge in [-0.2, -0.15) is 0 Å². The number of hydrogen-bond acceptors (Lipinski definition) is 4. The van der Waals surface area contributed by atoms with Crippen LogP contribution in [0.3, 0.4) is 0 Å². The molecule has 29 heavy (non-hydrogen) atoms. The number of rotatable bonds is 7. The summed E-state index contributed by atoms with van der Waals surface area (Å²) in [7, 11) is 0. The molecule has 6 heteroatoms. The third-order valence-corrected chi connectivity index (χ3v) is 6.49. The fourth-order valence-corrected chi connectivity index (χ4v) is 4.73. The fourth-order valence-electron chi connectivity index (χ4n) is 4.02. The largest absolute Gasteiger partial charge is 0.350 e. The molecule has 2 heterocycles. The Labute approximate surface area is 174 Å². The number of fused-ring (bicyclic) bond motifs is 1. The molecule has 0 radical (unpaired) electrons. The molecule has 3 aromatic rings. The van der Waals surface area contributed by atoms with Gasteiger partial charge in [-0.25, -0.2) is 4.98 Å². The Balaban J connectivity index is 1.40. The van der Waals surface area contributed by atoms with Crippen LogP contribution in [0, 0.1) is 6.92 Å². The van der Waals surface area contributed by atoms with Crippen molar-refractivity contribution >= 4 is 33.9 Å². The predicted octanol–water partition coefficient (Wildman–Crippen LogP) is 3.89. The molecule has 0 spiro atoms. The quantitative estimate of drug-likeness (QED) is 0.624. The molecule has 0 saturated carbocycles. The zero-order valence-electron chi connectivity index (χ0n) is 16.5. The summed E-state index contributed by atoms with van der Waals surface area (Å²) >= 11 is 1.55. The lowest BCUT2D eigenvalue weighted by Crippen LogP contribution is -2.44. The number of aryl methyl sites for hydroxylation is 1. The average molecular weight is 408 g/mol. The molecule has 2 aromatic carbocycles. The molecular weight excluding hydrogens is 382 g/mol. The minimum atomic E-state index is -0.353. The number of carbonyl (C=O) groups is 2. The van der Waals surface area contributed by atoms with Crippen LogP contribution >= 0.6 is 11.3 Å². The zero-order chi connectivity index (χ0) is 20.3. The lowest BCUT2D eigenvalue weighted by Gasteiger charge is -2.29. The van der Waals surface area contributed by atoms with E-state index in [1.807, 2.05) is 24.4 Å². The molecular formula is C23H25N3O2S. The molecule has 1 aliphatic rings. The maximum absolute atomic E-state index is 12.4. The van der Waals surface area contributed by atoms with Crippen LogP contribution in [0.5, 0.6) is 0 Å². The van der Waals surface area contributed by atoms with Gasteiger partial charge in [-0.15, -0.1) is 11.3 Å². The number of nitrogens with one attached hydrogen (secondary N) is 2. The second-order valence-electron chi connectivity index (χ2n) is 7.85. The van der Waals surface area contributed by atoms with Gasteiger partial charge in [0.1, 0.15) is 5.01 Å². The Morgan fingerprint density at radius 2 is 2.07 bits per heavy atom. The van der Waals surface area contributed by atoms with Crippen LogP contribution < -0.4 is 10.6 Å². The van der Waals surface area contributed by atoms with Gasteiger partial charge < -0.3 is 10.6 Å². The average Bonchev–Trinajstić information content (AvgIpc) is 3.30. The highest BCUT2D eigenvalue weighted by molar-refractivity contribution is 7.09. The second-order valence-corrected chi connectivity index (χ2v) is 8.79. The van der Waals surface area contributed by atoms with E-state index in [2.05, 4.69) is 45.9 Å². The third kappa shape index (κ3) is 4.82. The van der Waals surface area contributed by atoms with Gasteiger partial charge in [0.05, 0.1) is 6.54 Å². The van der Waals surface area contributed by atoms with Gasteiger partial charge in [0, 0.05) is 29.5 Å². The van der Waals surface area contributed by atoms with Crippen molar-refractivity contribution in [3.8, 4) is 0 Å². The van der Waals surface area contributed by atoms with E-state index in [0.717, 1.165) is 23.5 Å². The standard InChI is InChI=1S/C23H25N3O2S/c1-16-15-29-22(25-16)14-24-20(27)8-10-23(11-9-21(28)26-23)13-17-6-7-18-4-2-3-5-19(18)12-17/h2-7,12,15H,8-11,13-14H2,1H3,(H,24,27)(H,26,28)/t23-/m1/s1. The third-order valence-electron chi connectivity index (χ3n) is 5.53. The van der Waals surface area contributed by atoms with Crippen LogP contribution in [0.15, 0.2) is 47.8 Å². The summed E-state index contributed by atoms with van der Waals surface area (Å²) in [6.45, 7) is 2.41. The maximum atomic E-state index is 12.4. The maximum Gasteiger partial charge on any atom is 0.220 e.